The van der Waals surface area contributed by atoms with Gasteiger partial charge in [0.25, 0.3) is 0 Å². The van der Waals surface area contributed by atoms with Crippen molar-refractivity contribution in [3.8, 4) is 0 Å². The number of aromatic nitrogens is 2. The molecule has 0 fully saturated rings. The summed E-state index contributed by atoms with van der Waals surface area (Å²) < 4.78 is 1.97. The number of anilines is 1. The van der Waals surface area contributed by atoms with Crippen molar-refractivity contribution in [2.24, 2.45) is 0 Å². The molecular formula is C12H17N3. The first-order chi connectivity index (χ1) is 7.15. The van der Waals surface area contributed by atoms with Crippen LogP contribution in [0.2, 0.25) is 0 Å². The molecule has 0 radical (unpaired) electrons. The average Bonchev–Trinajstić information content (AvgIpc) is 2.57. The number of hydrogen-bond acceptors (Lipinski definition) is 2. The lowest BCUT2D eigenvalue weighted by Gasteiger charge is -2.04. The fourth-order valence-corrected chi connectivity index (χ4v) is 1.80. The highest BCUT2D eigenvalue weighted by atomic mass is 15.1. The Morgan fingerprint density at radius 1 is 1.53 bits per heavy atom. The maximum Gasteiger partial charge on any atom is 0.141 e. The molecule has 1 unspecified atom stereocenters. The van der Waals surface area contributed by atoms with Crippen LogP contribution in [0.4, 0.5) is 5.82 Å². The van der Waals surface area contributed by atoms with Gasteiger partial charge in [-0.2, -0.15) is 0 Å². The molecule has 0 saturated heterocycles. The summed E-state index contributed by atoms with van der Waals surface area (Å²) >= 11 is 0. The van der Waals surface area contributed by atoms with Crippen LogP contribution in [-0.2, 0) is 0 Å². The highest BCUT2D eigenvalue weighted by molar-refractivity contribution is 5.57. The van der Waals surface area contributed by atoms with Gasteiger partial charge < -0.3 is 5.73 Å². The Morgan fingerprint density at radius 3 is 2.87 bits per heavy atom. The van der Waals surface area contributed by atoms with Crippen molar-refractivity contribution in [3.05, 3.63) is 29.6 Å². The van der Waals surface area contributed by atoms with Crippen LogP contribution in [0.15, 0.2) is 18.3 Å². The largest absolute Gasteiger partial charge is 0.383 e. The minimum atomic E-state index is 0.421. The van der Waals surface area contributed by atoms with Crippen LogP contribution in [0, 0.1) is 6.92 Å². The van der Waals surface area contributed by atoms with Gasteiger partial charge in [-0.3, -0.25) is 4.40 Å². The molecule has 80 valence electrons. The Bertz CT molecular complexity index is 485. The van der Waals surface area contributed by atoms with Crippen molar-refractivity contribution in [2.45, 2.75) is 33.1 Å². The maximum absolute atomic E-state index is 6.08. The number of rotatable bonds is 2. The smallest absolute Gasteiger partial charge is 0.141 e. The van der Waals surface area contributed by atoms with Crippen LogP contribution >= 0.6 is 0 Å². The summed E-state index contributed by atoms with van der Waals surface area (Å²) in [5, 5.41) is 0. The molecule has 0 aliphatic heterocycles. The summed E-state index contributed by atoms with van der Waals surface area (Å²) in [5.41, 5.74) is 9.25. The Labute approximate surface area is 89.9 Å². The standard InChI is InChI=1S/C12H17N3/c1-4-8(2)10-11(13)15-7-5-6-9(3)12(15)14-10/h5-8H,4,13H2,1-3H3. The van der Waals surface area contributed by atoms with E-state index >= 15 is 0 Å². The van der Waals surface area contributed by atoms with E-state index in [1.165, 1.54) is 5.56 Å². The zero-order valence-electron chi connectivity index (χ0n) is 9.49. The Morgan fingerprint density at radius 2 is 2.27 bits per heavy atom. The second kappa shape index (κ2) is 3.57. The number of aryl methyl sites for hydroxylation is 1. The number of fused-ring (bicyclic) bond motifs is 1. The predicted octanol–water partition coefficient (Wildman–Crippen LogP) is 2.74. The molecule has 0 spiro atoms. The first-order valence-electron chi connectivity index (χ1n) is 5.38. The van der Waals surface area contributed by atoms with Crippen LogP contribution in [0.1, 0.15) is 37.4 Å². The molecule has 2 aromatic heterocycles. The Hall–Kier alpha value is -1.51. The minimum Gasteiger partial charge on any atom is -0.383 e. The number of nitrogens with zero attached hydrogens (tertiary/aromatic N) is 2. The van der Waals surface area contributed by atoms with Gasteiger partial charge in [-0.25, -0.2) is 4.98 Å². The Kier molecular flexibility index (Phi) is 2.39. The van der Waals surface area contributed by atoms with Crippen LogP contribution in [0.25, 0.3) is 5.65 Å². The van der Waals surface area contributed by atoms with E-state index in [-0.39, 0.29) is 0 Å². The van der Waals surface area contributed by atoms with Crippen molar-refractivity contribution < 1.29 is 0 Å². The summed E-state index contributed by atoms with van der Waals surface area (Å²) in [6.45, 7) is 6.37. The van der Waals surface area contributed by atoms with Crippen LogP contribution in [0.5, 0.6) is 0 Å². The van der Waals surface area contributed by atoms with Crippen molar-refractivity contribution >= 4 is 11.5 Å². The van der Waals surface area contributed by atoms with Crippen molar-refractivity contribution in [2.75, 3.05) is 5.73 Å². The van der Waals surface area contributed by atoms with Gasteiger partial charge in [0.15, 0.2) is 0 Å². The molecule has 0 amide bonds. The molecular weight excluding hydrogens is 186 g/mol. The third-order valence-electron chi connectivity index (χ3n) is 2.99. The van der Waals surface area contributed by atoms with Gasteiger partial charge in [0.1, 0.15) is 11.5 Å². The van der Waals surface area contributed by atoms with E-state index < -0.39 is 0 Å². The molecule has 0 aromatic carbocycles. The van der Waals surface area contributed by atoms with Crippen LogP contribution < -0.4 is 5.73 Å². The maximum atomic E-state index is 6.08. The molecule has 2 N–H and O–H groups in total. The van der Waals surface area contributed by atoms with E-state index in [1.54, 1.807) is 0 Å². The molecule has 2 rings (SSSR count). The third-order valence-corrected chi connectivity index (χ3v) is 2.99. The van der Waals surface area contributed by atoms with Gasteiger partial charge in [-0.15, -0.1) is 0 Å². The number of pyridine rings is 1. The molecule has 2 aromatic rings. The van der Waals surface area contributed by atoms with Crippen molar-refractivity contribution in [1.29, 1.82) is 0 Å². The summed E-state index contributed by atoms with van der Waals surface area (Å²) in [5.74, 6) is 1.20. The van der Waals surface area contributed by atoms with Gasteiger partial charge in [-0.05, 0) is 25.0 Å². The second-order valence-electron chi connectivity index (χ2n) is 4.08. The van der Waals surface area contributed by atoms with Gasteiger partial charge >= 0.3 is 0 Å². The lowest BCUT2D eigenvalue weighted by atomic mass is 10.1. The van der Waals surface area contributed by atoms with Gasteiger partial charge in [0.2, 0.25) is 0 Å². The van der Waals surface area contributed by atoms with Crippen LogP contribution in [-0.4, -0.2) is 9.38 Å². The molecule has 2 heterocycles. The van der Waals surface area contributed by atoms with Crippen molar-refractivity contribution in [1.82, 2.24) is 9.38 Å². The number of imidazole rings is 1. The third kappa shape index (κ3) is 1.48. The van der Waals surface area contributed by atoms with E-state index in [2.05, 4.69) is 31.8 Å². The van der Waals surface area contributed by atoms with Gasteiger partial charge in [0.05, 0.1) is 5.69 Å². The molecule has 3 nitrogen and oxygen atoms in total. The zero-order chi connectivity index (χ0) is 11.0. The van der Waals surface area contributed by atoms with E-state index in [4.69, 9.17) is 5.73 Å². The number of nitrogens with two attached hydrogens (primary N) is 1. The molecule has 0 saturated carbocycles. The number of hydrogen-bond donors (Lipinski definition) is 1. The minimum absolute atomic E-state index is 0.421. The summed E-state index contributed by atoms with van der Waals surface area (Å²) in [4.78, 5) is 4.62. The van der Waals surface area contributed by atoms with Crippen LogP contribution in [0.3, 0.4) is 0 Å². The summed E-state index contributed by atoms with van der Waals surface area (Å²) in [7, 11) is 0. The molecule has 1 atom stereocenters. The monoisotopic (exact) mass is 203 g/mol. The fraction of sp³-hybridized carbons (Fsp3) is 0.417. The van der Waals surface area contributed by atoms with Gasteiger partial charge in [-0.1, -0.05) is 19.9 Å². The summed E-state index contributed by atoms with van der Waals surface area (Å²) in [6.07, 6.45) is 3.03. The van der Waals surface area contributed by atoms with Gasteiger partial charge in [0, 0.05) is 12.1 Å². The molecule has 3 heteroatoms. The molecule has 0 aliphatic carbocycles. The SMILES string of the molecule is CCC(C)c1nc2c(C)cccn2c1N. The highest BCUT2D eigenvalue weighted by Gasteiger charge is 2.14. The second-order valence-corrected chi connectivity index (χ2v) is 4.08. The van der Waals surface area contributed by atoms with Crippen molar-refractivity contribution in [3.63, 3.8) is 0 Å². The van der Waals surface area contributed by atoms with E-state index in [0.29, 0.717) is 5.92 Å². The zero-order valence-corrected chi connectivity index (χ0v) is 9.49. The van der Waals surface area contributed by atoms with E-state index in [1.807, 2.05) is 16.7 Å². The first-order valence-corrected chi connectivity index (χ1v) is 5.38. The highest BCUT2D eigenvalue weighted by Crippen LogP contribution is 2.26. The predicted molar refractivity (Wildman–Crippen MR) is 63.0 cm³/mol. The fourth-order valence-electron chi connectivity index (χ4n) is 1.80. The lowest BCUT2D eigenvalue weighted by Crippen LogP contribution is -1.99. The first kappa shape index (κ1) is 10.0. The molecule has 15 heavy (non-hydrogen) atoms. The Balaban J connectivity index is 2.69. The molecule has 0 bridgehead atoms. The number of nitrogen functional groups attached to an aromatic ring is 1. The molecule has 0 aliphatic rings. The quantitative estimate of drug-likeness (QED) is 0.815. The average molecular weight is 203 g/mol. The topological polar surface area (TPSA) is 43.3 Å². The normalized spacial score (nSPS) is 13.3. The van der Waals surface area contributed by atoms with E-state index in [9.17, 15) is 0 Å². The lowest BCUT2D eigenvalue weighted by molar-refractivity contribution is 0.716. The summed E-state index contributed by atoms with van der Waals surface area (Å²) in [6, 6.07) is 4.06. The van der Waals surface area contributed by atoms with E-state index in [0.717, 1.165) is 23.6 Å².